The monoisotopic (exact) mass is 213 g/mol. The molecule has 0 saturated carbocycles. The molecule has 1 aromatic heterocycles. The van der Waals surface area contributed by atoms with Crippen LogP contribution >= 0.6 is 11.6 Å². The highest BCUT2D eigenvalue weighted by atomic mass is 35.5. The second-order valence-corrected chi connectivity index (χ2v) is 4.49. The molecule has 0 aromatic carbocycles. The predicted molar refractivity (Wildman–Crippen MR) is 58.9 cm³/mol. The van der Waals surface area contributed by atoms with E-state index in [1.54, 1.807) is 0 Å². The molecule has 1 fully saturated rings. The van der Waals surface area contributed by atoms with Crippen molar-refractivity contribution in [1.82, 2.24) is 9.55 Å². The topological polar surface area (TPSA) is 21.1 Å². The first-order chi connectivity index (χ1) is 6.70. The quantitative estimate of drug-likeness (QED) is 0.666. The number of imidazole rings is 1. The van der Waals surface area contributed by atoms with E-state index < -0.39 is 0 Å². The van der Waals surface area contributed by atoms with Crippen LogP contribution in [0.5, 0.6) is 0 Å². The number of piperidine rings is 1. The molecule has 0 spiro atoms. The van der Waals surface area contributed by atoms with Gasteiger partial charge in [0.2, 0.25) is 5.95 Å². The van der Waals surface area contributed by atoms with E-state index in [4.69, 9.17) is 11.6 Å². The van der Waals surface area contributed by atoms with Crippen molar-refractivity contribution >= 4 is 17.5 Å². The zero-order chi connectivity index (χ0) is 10.1. The second-order valence-electron chi connectivity index (χ2n) is 3.93. The predicted octanol–water partition coefficient (Wildman–Crippen LogP) is 2.02. The van der Waals surface area contributed by atoms with E-state index in [1.807, 2.05) is 24.0 Å². The zero-order valence-corrected chi connectivity index (χ0v) is 9.41. The molecule has 1 saturated heterocycles. The molecule has 2 unspecified atom stereocenters. The minimum absolute atomic E-state index is 0.250. The van der Waals surface area contributed by atoms with Gasteiger partial charge >= 0.3 is 0 Å². The van der Waals surface area contributed by atoms with E-state index in [1.165, 1.54) is 0 Å². The van der Waals surface area contributed by atoms with E-state index in [2.05, 4.69) is 16.8 Å². The Morgan fingerprint density at radius 3 is 3.00 bits per heavy atom. The van der Waals surface area contributed by atoms with Gasteiger partial charge in [-0.15, -0.1) is 11.6 Å². The minimum atomic E-state index is 0.250. The molecule has 2 heterocycles. The molecule has 0 N–H and O–H groups in total. The molecule has 0 amide bonds. The van der Waals surface area contributed by atoms with Crippen LogP contribution in [-0.2, 0) is 7.05 Å². The molecule has 78 valence electrons. The van der Waals surface area contributed by atoms with E-state index >= 15 is 0 Å². The summed E-state index contributed by atoms with van der Waals surface area (Å²) in [6.07, 6.45) is 6.08. The lowest BCUT2D eigenvalue weighted by atomic mass is 10.0. The first-order valence-electron chi connectivity index (χ1n) is 5.08. The Bertz CT molecular complexity index is 310. The number of hydrogen-bond donors (Lipinski definition) is 0. The molecular formula is C10H16ClN3. The van der Waals surface area contributed by atoms with Crippen LogP contribution in [0.2, 0.25) is 0 Å². The fourth-order valence-corrected chi connectivity index (χ4v) is 2.30. The summed E-state index contributed by atoms with van der Waals surface area (Å²) in [7, 11) is 2.02. The Balaban J connectivity index is 2.21. The fraction of sp³-hybridized carbons (Fsp3) is 0.700. The zero-order valence-electron chi connectivity index (χ0n) is 8.65. The van der Waals surface area contributed by atoms with Crippen molar-refractivity contribution in [3.63, 3.8) is 0 Å². The molecule has 0 bridgehead atoms. The highest BCUT2D eigenvalue weighted by molar-refractivity contribution is 6.21. The summed E-state index contributed by atoms with van der Waals surface area (Å²) in [6, 6.07) is 0.381. The highest BCUT2D eigenvalue weighted by Crippen LogP contribution is 2.25. The van der Waals surface area contributed by atoms with Gasteiger partial charge in [-0.05, 0) is 19.8 Å². The van der Waals surface area contributed by atoms with Crippen molar-refractivity contribution in [3.05, 3.63) is 12.4 Å². The Morgan fingerprint density at radius 2 is 2.36 bits per heavy atom. The van der Waals surface area contributed by atoms with Gasteiger partial charge in [-0.1, -0.05) is 0 Å². The van der Waals surface area contributed by atoms with Crippen molar-refractivity contribution in [3.8, 4) is 0 Å². The van der Waals surface area contributed by atoms with Crippen molar-refractivity contribution in [2.45, 2.75) is 31.2 Å². The lowest BCUT2D eigenvalue weighted by Gasteiger charge is -2.37. The van der Waals surface area contributed by atoms with Gasteiger partial charge in [0.1, 0.15) is 0 Å². The van der Waals surface area contributed by atoms with E-state index in [9.17, 15) is 0 Å². The normalized spacial score (nSPS) is 28.1. The van der Waals surface area contributed by atoms with Crippen LogP contribution in [0.4, 0.5) is 5.95 Å². The third-order valence-electron chi connectivity index (χ3n) is 2.95. The Kier molecular flexibility index (Phi) is 2.68. The maximum absolute atomic E-state index is 6.25. The summed E-state index contributed by atoms with van der Waals surface area (Å²) in [5.74, 6) is 1.03. The first kappa shape index (κ1) is 9.84. The molecule has 1 aromatic rings. The highest BCUT2D eigenvalue weighted by Gasteiger charge is 2.28. The summed E-state index contributed by atoms with van der Waals surface area (Å²) in [6.45, 7) is 3.24. The molecule has 1 aliphatic heterocycles. The number of halogens is 1. The SMILES string of the molecule is CC1C(Cl)CCCN1c1nccn1C. The van der Waals surface area contributed by atoms with Crippen molar-refractivity contribution in [2.75, 3.05) is 11.4 Å². The number of anilines is 1. The first-order valence-corrected chi connectivity index (χ1v) is 5.52. The standard InChI is InChI=1S/C10H16ClN3/c1-8-9(11)4-3-6-14(8)10-12-5-7-13(10)2/h5,7-9H,3-4,6H2,1-2H3. The molecule has 0 aliphatic carbocycles. The van der Waals surface area contributed by atoms with E-state index in [0.29, 0.717) is 6.04 Å². The fourth-order valence-electron chi connectivity index (χ4n) is 2.01. The van der Waals surface area contributed by atoms with Gasteiger partial charge in [0, 0.05) is 32.0 Å². The second kappa shape index (κ2) is 3.81. The van der Waals surface area contributed by atoms with Crippen LogP contribution in [0.3, 0.4) is 0 Å². The van der Waals surface area contributed by atoms with Crippen LogP contribution < -0.4 is 4.90 Å². The Morgan fingerprint density at radius 1 is 1.57 bits per heavy atom. The summed E-state index contributed by atoms with van der Waals surface area (Å²) >= 11 is 6.25. The lowest BCUT2D eigenvalue weighted by Crippen LogP contribution is -2.45. The number of alkyl halides is 1. The van der Waals surface area contributed by atoms with Crippen LogP contribution in [0.1, 0.15) is 19.8 Å². The lowest BCUT2D eigenvalue weighted by molar-refractivity contribution is 0.480. The van der Waals surface area contributed by atoms with Gasteiger partial charge < -0.3 is 9.47 Å². The van der Waals surface area contributed by atoms with Crippen molar-refractivity contribution < 1.29 is 0 Å². The van der Waals surface area contributed by atoms with Gasteiger partial charge in [0.05, 0.1) is 5.38 Å². The van der Waals surface area contributed by atoms with Crippen LogP contribution in [0.25, 0.3) is 0 Å². The van der Waals surface area contributed by atoms with Crippen LogP contribution in [0, 0.1) is 0 Å². The van der Waals surface area contributed by atoms with E-state index in [0.717, 1.165) is 25.3 Å². The number of aryl methyl sites for hydroxylation is 1. The summed E-state index contributed by atoms with van der Waals surface area (Å²) < 4.78 is 2.05. The molecular weight excluding hydrogens is 198 g/mol. The average molecular weight is 214 g/mol. The number of aromatic nitrogens is 2. The maximum atomic E-state index is 6.25. The molecule has 0 radical (unpaired) electrons. The summed E-state index contributed by atoms with van der Waals surface area (Å²) in [4.78, 5) is 6.65. The molecule has 14 heavy (non-hydrogen) atoms. The molecule has 2 atom stereocenters. The Labute approximate surface area is 89.7 Å². The summed E-state index contributed by atoms with van der Waals surface area (Å²) in [5.41, 5.74) is 0. The third kappa shape index (κ3) is 1.61. The van der Waals surface area contributed by atoms with Gasteiger partial charge in [0.25, 0.3) is 0 Å². The maximum Gasteiger partial charge on any atom is 0.205 e. The molecule has 1 aliphatic rings. The number of hydrogen-bond acceptors (Lipinski definition) is 2. The smallest absolute Gasteiger partial charge is 0.205 e. The van der Waals surface area contributed by atoms with Gasteiger partial charge in [-0.2, -0.15) is 0 Å². The van der Waals surface area contributed by atoms with Gasteiger partial charge in [0.15, 0.2) is 0 Å². The third-order valence-corrected chi connectivity index (χ3v) is 3.53. The van der Waals surface area contributed by atoms with E-state index in [-0.39, 0.29) is 5.38 Å². The Hall–Kier alpha value is -0.700. The summed E-state index contributed by atoms with van der Waals surface area (Å²) in [5, 5.41) is 0.250. The van der Waals surface area contributed by atoms with Crippen LogP contribution in [-0.4, -0.2) is 27.5 Å². The number of nitrogens with zero attached hydrogens (tertiary/aromatic N) is 3. The average Bonchev–Trinajstić information content (AvgIpc) is 2.57. The van der Waals surface area contributed by atoms with Gasteiger partial charge in [-0.25, -0.2) is 4.98 Å². The number of rotatable bonds is 1. The van der Waals surface area contributed by atoms with Gasteiger partial charge in [-0.3, -0.25) is 0 Å². The minimum Gasteiger partial charge on any atom is -0.338 e. The largest absolute Gasteiger partial charge is 0.338 e. The van der Waals surface area contributed by atoms with Crippen molar-refractivity contribution in [1.29, 1.82) is 0 Å². The van der Waals surface area contributed by atoms with Crippen molar-refractivity contribution in [2.24, 2.45) is 7.05 Å². The van der Waals surface area contributed by atoms with Crippen LogP contribution in [0.15, 0.2) is 12.4 Å². The molecule has 3 nitrogen and oxygen atoms in total. The molecule has 2 rings (SSSR count). The molecule has 4 heteroatoms.